The van der Waals surface area contributed by atoms with Gasteiger partial charge in [-0.25, -0.2) is 4.98 Å². The van der Waals surface area contributed by atoms with Crippen molar-refractivity contribution in [1.29, 1.82) is 0 Å². The number of carbonyl (C=O) groups is 1. The largest absolute Gasteiger partial charge is 0.495 e. The first-order valence-electron chi connectivity index (χ1n) is 5.68. The summed E-state index contributed by atoms with van der Waals surface area (Å²) in [5, 5.41) is 5.57. The van der Waals surface area contributed by atoms with Gasteiger partial charge in [0.25, 0.3) is 5.91 Å². The number of hydrogen-bond acceptors (Lipinski definition) is 5. The molecule has 0 unspecified atom stereocenters. The maximum Gasteiger partial charge on any atom is 0.276 e. The van der Waals surface area contributed by atoms with Crippen LogP contribution in [-0.2, 0) is 0 Å². The Kier molecular flexibility index (Phi) is 3.92. The van der Waals surface area contributed by atoms with Crippen molar-refractivity contribution in [2.24, 2.45) is 0 Å². The van der Waals surface area contributed by atoms with Crippen LogP contribution >= 0.6 is 0 Å². The van der Waals surface area contributed by atoms with Crippen molar-refractivity contribution in [2.75, 3.05) is 24.8 Å². The van der Waals surface area contributed by atoms with Crippen LogP contribution in [0.25, 0.3) is 0 Å². The third-order valence-electron chi connectivity index (χ3n) is 2.48. The van der Waals surface area contributed by atoms with Gasteiger partial charge in [0, 0.05) is 7.05 Å². The quantitative estimate of drug-likeness (QED) is 0.874. The molecule has 0 fully saturated rings. The number of nitrogens with zero attached hydrogens (tertiary/aromatic N) is 2. The fourth-order valence-electron chi connectivity index (χ4n) is 1.53. The van der Waals surface area contributed by atoms with E-state index in [-0.39, 0.29) is 11.6 Å². The molecule has 1 aromatic carbocycles. The van der Waals surface area contributed by atoms with Gasteiger partial charge in [-0.05, 0) is 12.1 Å². The number of methoxy groups -OCH3 is 1. The molecule has 1 aromatic heterocycles. The topological polar surface area (TPSA) is 76.1 Å². The van der Waals surface area contributed by atoms with E-state index >= 15 is 0 Å². The zero-order valence-corrected chi connectivity index (χ0v) is 10.7. The molecule has 2 aromatic rings. The van der Waals surface area contributed by atoms with Crippen LogP contribution in [0.4, 0.5) is 11.5 Å². The minimum absolute atomic E-state index is 0.234. The first-order chi connectivity index (χ1) is 9.24. The number of amides is 1. The van der Waals surface area contributed by atoms with Gasteiger partial charge in [0.05, 0.1) is 25.2 Å². The lowest BCUT2D eigenvalue weighted by molar-refractivity contribution is 0.102. The van der Waals surface area contributed by atoms with Gasteiger partial charge in [0.1, 0.15) is 17.3 Å². The predicted molar refractivity (Wildman–Crippen MR) is 72.5 cm³/mol. The van der Waals surface area contributed by atoms with Crippen LogP contribution in [0.1, 0.15) is 10.5 Å². The summed E-state index contributed by atoms with van der Waals surface area (Å²) in [5.41, 5.74) is 0.824. The summed E-state index contributed by atoms with van der Waals surface area (Å²) in [4.78, 5) is 20.1. The number of rotatable bonds is 4. The van der Waals surface area contributed by atoms with Gasteiger partial charge in [0.15, 0.2) is 0 Å². The Bertz CT molecular complexity index is 586. The predicted octanol–water partition coefficient (Wildman–Crippen LogP) is 1.78. The highest BCUT2D eigenvalue weighted by Gasteiger charge is 2.11. The molecule has 1 heterocycles. The van der Waals surface area contributed by atoms with E-state index in [4.69, 9.17) is 4.74 Å². The molecule has 0 aliphatic heterocycles. The molecule has 98 valence electrons. The molecule has 6 heteroatoms. The summed E-state index contributed by atoms with van der Waals surface area (Å²) in [6.45, 7) is 0. The lowest BCUT2D eigenvalue weighted by Gasteiger charge is -2.09. The number of carbonyl (C=O) groups excluding carboxylic acids is 1. The van der Waals surface area contributed by atoms with Crippen molar-refractivity contribution in [3.05, 3.63) is 42.4 Å². The molecular weight excluding hydrogens is 244 g/mol. The van der Waals surface area contributed by atoms with E-state index in [2.05, 4.69) is 20.6 Å². The molecular formula is C13H14N4O2. The summed E-state index contributed by atoms with van der Waals surface area (Å²) in [5.74, 6) is 0.787. The molecule has 0 radical (unpaired) electrons. The Balaban J connectivity index is 2.20. The number of hydrogen-bond donors (Lipinski definition) is 2. The molecule has 0 saturated carbocycles. The maximum atomic E-state index is 12.1. The molecule has 0 bridgehead atoms. The Hall–Kier alpha value is -2.63. The lowest BCUT2D eigenvalue weighted by atomic mass is 10.3. The van der Waals surface area contributed by atoms with Crippen LogP contribution < -0.4 is 15.4 Å². The highest BCUT2D eigenvalue weighted by molar-refractivity contribution is 6.03. The molecule has 2 rings (SSSR count). The van der Waals surface area contributed by atoms with Crippen LogP contribution in [0.15, 0.2) is 36.7 Å². The van der Waals surface area contributed by atoms with Crippen molar-refractivity contribution in [3.8, 4) is 5.75 Å². The minimum Gasteiger partial charge on any atom is -0.495 e. The van der Waals surface area contributed by atoms with Gasteiger partial charge in [-0.3, -0.25) is 9.78 Å². The van der Waals surface area contributed by atoms with Crippen LogP contribution in [0.2, 0.25) is 0 Å². The summed E-state index contributed by atoms with van der Waals surface area (Å²) < 4.78 is 5.16. The number of benzene rings is 1. The van der Waals surface area contributed by atoms with E-state index in [0.717, 1.165) is 0 Å². The fraction of sp³-hybridized carbons (Fsp3) is 0.154. The molecule has 1 amide bonds. The molecule has 0 atom stereocenters. The van der Waals surface area contributed by atoms with Gasteiger partial charge in [-0.2, -0.15) is 0 Å². The SMILES string of the molecule is CNc1cncc(C(=O)Nc2ccccc2OC)n1. The minimum atomic E-state index is -0.339. The average Bonchev–Trinajstić information content (AvgIpc) is 2.47. The normalized spacial score (nSPS) is 9.79. The lowest BCUT2D eigenvalue weighted by Crippen LogP contribution is -2.15. The van der Waals surface area contributed by atoms with Crippen molar-refractivity contribution in [2.45, 2.75) is 0 Å². The third kappa shape index (κ3) is 2.98. The molecule has 0 aliphatic rings. The van der Waals surface area contributed by atoms with Gasteiger partial charge < -0.3 is 15.4 Å². The van der Waals surface area contributed by atoms with Crippen LogP contribution in [-0.4, -0.2) is 30.0 Å². The maximum absolute atomic E-state index is 12.1. The smallest absolute Gasteiger partial charge is 0.276 e. The molecule has 0 spiro atoms. The highest BCUT2D eigenvalue weighted by Crippen LogP contribution is 2.23. The van der Waals surface area contributed by atoms with Crippen molar-refractivity contribution in [1.82, 2.24) is 9.97 Å². The zero-order valence-electron chi connectivity index (χ0n) is 10.7. The highest BCUT2D eigenvalue weighted by atomic mass is 16.5. The second-order valence-corrected chi connectivity index (χ2v) is 3.69. The summed E-state index contributed by atoms with van der Waals surface area (Å²) in [7, 11) is 3.26. The molecule has 6 nitrogen and oxygen atoms in total. The van der Waals surface area contributed by atoms with Crippen LogP contribution in [0, 0.1) is 0 Å². The number of ether oxygens (including phenoxy) is 1. The second-order valence-electron chi connectivity index (χ2n) is 3.69. The summed E-state index contributed by atoms with van der Waals surface area (Å²) in [6, 6.07) is 7.17. The van der Waals surface area contributed by atoms with E-state index in [9.17, 15) is 4.79 Å². The first kappa shape index (κ1) is 12.8. The fourth-order valence-corrected chi connectivity index (χ4v) is 1.53. The Morgan fingerprint density at radius 2 is 2.05 bits per heavy atom. The van der Waals surface area contributed by atoms with Crippen molar-refractivity contribution >= 4 is 17.4 Å². The second kappa shape index (κ2) is 5.81. The van der Waals surface area contributed by atoms with Gasteiger partial charge >= 0.3 is 0 Å². The van der Waals surface area contributed by atoms with E-state index in [1.54, 1.807) is 32.5 Å². The summed E-state index contributed by atoms with van der Waals surface area (Å²) >= 11 is 0. The van der Waals surface area contributed by atoms with Gasteiger partial charge in [0.2, 0.25) is 0 Å². The van der Waals surface area contributed by atoms with Crippen LogP contribution in [0.5, 0.6) is 5.75 Å². The number of anilines is 2. The van der Waals surface area contributed by atoms with E-state index < -0.39 is 0 Å². The van der Waals surface area contributed by atoms with Gasteiger partial charge in [-0.15, -0.1) is 0 Å². The Morgan fingerprint density at radius 1 is 1.26 bits per heavy atom. The zero-order chi connectivity index (χ0) is 13.7. The Labute approximate surface area is 110 Å². The van der Waals surface area contributed by atoms with Crippen LogP contribution in [0.3, 0.4) is 0 Å². The third-order valence-corrected chi connectivity index (χ3v) is 2.48. The molecule has 19 heavy (non-hydrogen) atoms. The average molecular weight is 258 g/mol. The Morgan fingerprint density at radius 3 is 2.79 bits per heavy atom. The summed E-state index contributed by atoms with van der Waals surface area (Å²) in [6.07, 6.45) is 2.95. The van der Waals surface area contributed by atoms with E-state index in [1.807, 2.05) is 12.1 Å². The molecule has 0 saturated heterocycles. The monoisotopic (exact) mass is 258 g/mol. The van der Waals surface area contributed by atoms with Crippen molar-refractivity contribution < 1.29 is 9.53 Å². The van der Waals surface area contributed by atoms with Crippen molar-refractivity contribution in [3.63, 3.8) is 0 Å². The van der Waals surface area contributed by atoms with E-state index in [1.165, 1.54) is 6.20 Å². The number of aromatic nitrogens is 2. The standard InChI is InChI=1S/C13H14N4O2/c1-14-12-8-15-7-10(16-12)13(18)17-9-5-3-4-6-11(9)19-2/h3-8H,1-2H3,(H,14,16)(H,17,18). The molecule has 2 N–H and O–H groups in total. The van der Waals surface area contributed by atoms with Gasteiger partial charge in [-0.1, -0.05) is 12.1 Å². The number of para-hydroxylation sites is 2. The van der Waals surface area contributed by atoms with E-state index in [0.29, 0.717) is 17.3 Å². The first-order valence-corrected chi connectivity index (χ1v) is 5.68. The molecule has 0 aliphatic carbocycles. The number of nitrogens with one attached hydrogen (secondary N) is 2.